The van der Waals surface area contributed by atoms with Crippen molar-refractivity contribution < 1.29 is 4.79 Å². The van der Waals surface area contributed by atoms with Crippen LogP contribution < -0.4 is 0 Å². The maximum absolute atomic E-state index is 12.8. The van der Waals surface area contributed by atoms with Crippen molar-refractivity contribution >= 4 is 27.6 Å². The summed E-state index contributed by atoms with van der Waals surface area (Å²) in [4.78, 5) is 19.0. The van der Waals surface area contributed by atoms with E-state index in [1.165, 1.54) is 0 Å². The molecule has 5 nitrogen and oxygen atoms in total. The number of H-pyrrole nitrogens is 2. The molecule has 0 saturated heterocycles. The van der Waals surface area contributed by atoms with Crippen molar-refractivity contribution in [3.05, 3.63) is 71.5 Å². The van der Waals surface area contributed by atoms with Gasteiger partial charge in [-0.05, 0) is 53.3 Å². The second kappa shape index (κ2) is 7.15. The van der Waals surface area contributed by atoms with Gasteiger partial charge in [-0.2, -0.15) is 10.5 Å². The minimum Gasteiger partial charge on any atom is -0.361 e. The first-order chi connectivity index (χ1) is 14.7. The third-order valence-corrected chi connectivity index (χ3v) is 7.04. The number of hydrogen-bond acceptors (Lipinski definition) is 3. The van der Waals surface area contributed by atoms with Crippen molar-refractivity contribution in [2.75, 3.05) is 0 Å². The first kappa shape index (κ1) is 20.4. The van der Waals surface area contributed by atoms with Gasteiger partial charge in [0, 0.05) is 45.7 Å². The Kier molecular flexibility index (Phi) is 4.71. The van der Waals surface area contributed by atoms with Gasteiger partial charge >= 0.3 is 0 Å². The maximum atomic E-state index is 12.8. The van der Waals surface area contributed by atoms with E-state index in [2.05, 4.69) is 49.8 Å². The summed E-state index contributed by atoms with van der Waals surface area (Å²) in [6.45, 7) is 8.58. The van der Waals surface area contributed by atoms with Crippen LogP contribution in [0.5, 0.6) is 0 Å². The van der Waals surface area contributed by atoms with Crippen molar-refractivity contribution in [2.45, 2.75) is 27.7 Å². The molecular formula is C26H24N4O. The van der Waals surface area contributed by atoms with Gasteiger partial charge in [0.05, 0.1) is 23.3 Å². The van der Waals surface area contributed by atoms with Gasteiger partial charge in [0.2, 0.25) is 0 Å². The molecule has 2 heterocycles. The minimum atomic E-state index is 0.0283. The fourth-order valence-electron chi connectivity index (χ4n) is 4.52. The van der Waals surface area contributed by atoms with E-state index >= 15 is 0 Å². The van der Waals surface area contributed by atoms with Crippen LogP contribution in [0, 0.1) is 39.4 Å². The van der Waals surface area contributed by atoms with E-state index < -0.39 is 0 Å². The zero-order chi connectivity index (χ0) is 22.4. The summed E-state index contributed by atoms with van der Waals surface area (Å²) in [7, 11) is 0. The molecule has 5 heteroatoms. The summed E-state index contributed by atoms with van der Waals surface area (Å²) in [6, 6.07) is 17.2. The van der Waals surface area contributed by atoms with E-state index in [-0.39, 0.29) is 22.5 Å². The van der Waals surface area contributed by atoms with Gasteiger partial charge in [-0.15, -0.1) is 0 Å². The van der Waals surface area contributed by atoms with Crippen molar-refractivity contribution in [3.8, 4) is 12.1 Å². The molecule has 0 radical (unpaired) electrons. The number of Topliss-reactive ketones (excluding diaryl/α,β-unsaturated/α-hetero) is 1. The van der Waals surface area contributed by atoms with Crippen LogP contribution in [0.1, 0.15) is 49.2 Å². The van der Waals surface area contributed by atoms with Crippen molar-refractivity contribution in [1.82, 2.24) is 9.97 Å². The molecule has 1 aliphatic rings. The molecule has 31 heavy (non-hydrogen) atoms. The van der Waals surface area contributed by atoms with Gasteiger partial charge in [-0.25, -0.2) is 0 Å². The number of hydrogen-bond donors (Lipinski definition) is 2. The number of carbonyl (C=O) groups is 1. The highest BCUT2D eigenvalue weighted by Gasteiger charge is 2.68. The standard InChI is InChI=1S/C17H18N2O.C9H6N2/c1-16(2)15(17(16,3)4)14(20)12-9-19-13-6-5-10(8-18)7-11(12)13;10-6-7-1-2-9-8(5-7)3-4-11-9/h5-7,9,15,19H,1-4H3;1-5,11H. The molecule has 0 unspecified atom stereocenters. The van der Waals surface area contributed by atoms with Gasteiger partial charge < -0.3 is 9.97 Å². The Bertz CT molecular complexity index is 1370. The van der Waals surface area contributed by atoms with Gasteiger partial charge in [-0.3, -0.25) is 4.79 Å². The van der Waals surface area contributed by atoms with E-state index in [0.29, 0.717) is 16.7 Å². The van der Waals surface area contributed by atoms with E-state index in [1.807, 2.05) is 30.5 Å². The molecule has 154 valence electrons. The van der Waals surface area contributed by atoms with Crippen LogP contribution in [-0.2, 0) is 0 Å². The fraction of sp³-hybridized carbons (Fsp3) is 0.269. The lowest BCUT2D eigenvalue weighted by Crippen LogP contribution is -2.06. The molecular weight excluding hydrogens is 384 g/mol. The second-order valence-electron chi connectivity index (χ2n) is 9.21. The number of nitrogens with zero attached hydrogens (tertiary/aromatic N) is 2. The summed E-state index contributed by atoms with van der Waals surface area (Å²) in [5.41, 5.74) is 4.03. The van der Waals surface area contributed by atoms with Crippen LogP contribution in [0.25, 0.3) is 21.8 Å². The highest BCUT2D eigenvalue weighted by Crippen LogP contribution is 2.69. The molecule has 0 bridgehead atoms. The molecule has 0 amide bonds. The largest absolute Gasteiger partial charge is 0.361 e. The van der Waals surface area contributed by atoms with Crippen molar-refractivity contribution in [3.63, 3.8) is 0 Å². The van der Waals surface area contributed by atoms with Gasteiger partial charge in [-0.1, -0.05) is 27.7 Å². The summed E-state index contributed by atoms with van der Waals surface area (Å²) >= 11 is 0. The third-order valence-electron chi connectivity index (χ3n) is 7.04. The molecule has 0 spiro atoms. The Hall–Kier alpha value is -3.83. The van der Waals surface area contributed by atoms with Crippen molar-refractivity contribution in [2.24, 2.45) is 16.7 Å². The average molecular weight is 409 g/mol. The summed E-state index contributed by atoms with van der Waals surface area (Å²) in [5.74, 6) is 0.223. The highest BCUT2D eigenvalue weighted by molar-refractivity contribution is 6.11. The van der Waals surface area contributed by atoms with E-state index in [4.69, 9.17) is 10.5 Å². The summed E-state index contributed by atoms with van der Waals surface area (Å²) in [6.07, 6.45) is 3.64. The molecule has 1 fully saturated rings. The number of ketones is 1. The van der Waals surface area contributed by atoms with E-state index in [0.717, 1.165) is 21.8 Å². The van der Waals surface area contributed by atoms with Gasteiger partial charge in [0.15, 0.2) is 5.78 Å². The molecule has 0 aliphatic heterocycles. The summed E-state index contributed by atoms with van der Waals surface area (Å²) in [5, 5.41) is 19.5. The number of aromatic amines is 2. The van der Waals surface area contributed by atoms with E-state index in [1.54, 1.807) is 24.4 Å². The first-order valence-electron chi connectivity index (χ1n) is 10.2. The Labute approximate surface area is 181 Å². The molecule has 1 saturated carbocycles. The number of aromatic nitrogens is 2. The molecule has 2 aromatic carbocycles. The smallest absolute Gasteiger partial charge is 0.169 e. The highest BCUT2D eigenvalue weighted by atomic mass is 16.1. The number of fused-ring (bicyclic) bond motifs is 2. The van der Waals surface area contributed by atoms with Gasteiger partial charge in [0.25, 0.3) is 0 Å². The van der Waals surface area contributed by atoms with Crippen LogP contribution in [0.15, 0.2) is 54.9 Å². The maximum Gasteiger partial charge on any atom is 0.169 e. The topological polar surface area (TPSA) is 96.2 Å². The molecule has 4 aromatic rings. The number of nitrogens with one attached hydrogen (secondary N) is 2. The summed E-state index contributed by atoms with van der Waals surface area (Å²) < 4.78 is 0. The second-order valence-corrected chi connectivity index (χ2v) is 9.21. The third kappa shape index (κ3) is 3.29. The Morgan fingerprint density at radius 2 is 1.48 bits per heavy atom. The lowest BCUT2D eigenvalue weighted by atomic mass is 10.00. The SMILES string of the molecule is CC1(C)C(C(=O)c2c[nH]c3ccc(C#N)cc23)C1(C)C.N#Cc1ccc2[nH]ccc2c1. The number of benzene rings is 2. The molecule has 0 atom stereocenters. The predicted octanol–water partition coefficient (Wildman–Crippen LogP) is 5.94. The predicted molar refractivity (Wildman–Crippen MR) is 121 cm³/mol. The molecule has 1 aliphatic carbocycles. The lowest BCUT2D eigenvalue weighted by Gasteiger charge is -2.03. The monoisotopic (exact) mass is 408 g/mol. The van der Waals surface area contributed by atoms with Crippen LogP contribution in [0.4, 0.5) is 0 Å². The molecule has 2 aromatic heterocycles. The number of rotatable bonds is 2. The molecule has 2 N–H and O–H groups in total. The van der Waals surface area contributed by atoms with Gasteiger partial charge in [0.1, 0.15) is 0 Å². The Balaban J connectivity index is 0.000000177. The van der Waals surface area contributed by atoms with Crippen LogP contribution in [0.3, 0.4) is 0 Å². The normalized spacial score (nSPS) is 16.2. The molecule has 5 rings (SSSR count). The quantitative estimate of drug-likeness (QED) is 0.401. The Morgan fingerprint density at radius 3 is 2.10 bits per heavy atom. The zero-order valence-electron chi connectivity index (χ0n) is 18.1. The lowest BCUT2D eigenvalue weighted by molar-refractivity contribution is 0.0947. The fourth-order valence-corrected chi connectivity index (χ4v) is 4.52. The van der Waals surface area contributed by atoms with Crippen molar-refractivity contribution in [1.29, 1.82) is 10.5 Å². The van der Waals surface area contributed by atoms with Crippen LogP contribution in [-0.4, -0.2) is 15.8 Å². The van der Waals surface area contributed by atoms with E-state index in [9.17, 15) is 4.79 Å². The Morgan fingerprint density at radius 1 is 0.871 bits per heavy atom. The zero-order valence-corrected chi connectivity index (χ0v) is 18.1. The number of nitriles is 2. The average Bonchev–Trinajstić information content (AvgIpc) is 3.22. The van der Waals surface area contributed by atoms with Crippen LogP contribution in [0.2, 0.25) is 0 Å². The number of carbonyl (C=O) groups excluding carboxylic acids is 1. The minimum absolute atomic E-state index is 0.0283. The van der Waals surface area contributed by atoms with Crippen LogP contribution >= 0.6 is 0 Å². The first-order valence-corrected chi connectivity index (χ1v) is 10.2.